The molecule has 1 aliphatic heterocycles. The average Bonchev–Trinajstić information content (AvgIpc) is 2.94. The molecule has 1 saturated heterocycles. The van der Waals surface area contributed by atoms with Crippen LogP contribution < -0.4 is 15.4 Å². The Labute approximate surface area is 153 Å². The van der Waals surface area contributed by atoms with E-state index >= 15 is 0 Å². The summed E-state index contributed by atoms with van der Waals surface area (Å²) in [4.78, 5) is 39.2. The highest BCUT2D eigenvalue weighted by atomic mass is 32.2. The van der Waals surface area contributed by atoms with Crippen LogP contribution in [0.2, 0.25) is 0 Å². The fourth-order valence-electron chi connectivity index (χ4n) is 2.14. The summed E-state index contributed by atoms with van der Waals surface area (Å²) in [6.07, 6.45) is 2.49. The zero-order valence-corrected chi connectivity index (χ0v) is 14.6. The lowest BCUT2D eigenvalue weighted by Crippen LogP contribution is -2.30. The molecule has 0 saturated carbocycles. The van der Waals surface area contributed by atoms with E-state index in [-0.39, 0.29) is 11.1 Å². The molecule has 1 fully saturated rings. The van der Waals surface area contributed by atoms with Crippen LogP contribution in [0.25, 0.3) is 6.08 Å². The van der Waals surface area contributed by atoms with Gasteiger partial charge in [0.25, 0.3) is 17.1 Å². The number of rotatable bonds is 5. The van der Waals surface area contributed by atoms with E-state index in [2.05, 4.69) is 15.6 Å². The molecule has 0 aliphatic carbocycles. The first-order valence-corrected chi connectivity index (χ1v) is 8.56. The van der Waals surface area contributed by atoms with Crippen molar-refractivity contribution in [1.29, 1.82) is 0 Å². The minimum absolute atomic E-state index is 0.313. The lowest BCUT2D eigenvalue weighted by molar-refractivity contribution is -0.122. The zero-order valence-electron chi connectivity index (χ0n) is 13.8. The molecule has 1 aliphatic rings. The molecule has 2 N–H and O–H groups in total. The Balaban J connectivity index is 1.60. The summed E-state index contributed by atoms with van der Waals surface area (Å²) in [6, 6.07) is 12.1. The average molecular weight is 369 g/mol. The number of hydrogen-bond donors (Lipinski definition) is 2. The molecule has 132 valence electrons. The number of carbonyl (C=O) groups is 3. The van der Waals surface area contributed by atoms with Gasteiger partial charge in [0, 0.05) is 6.20 Å². The molecule has 8 heteroatoms. The molecule has 0 bridgehead atoms. The van der Waals surface area contributed by atoms with Crippen molar-refractivity contribution in [3.63, 3.8) is 0 Å². The summed E-state index contributed by atoms with van der Waals surface area (Å²) in [5.74, 6) is 0.250. The highest BCUT2D eigenvalue weighted by Crippen LogP contribution is 2.26. The fraction of sp³-hybridized carbons (Fsp3) is 0.111. The van der Waals surface area contributed by atoms with Gasteiger partial charge in [-0.3, -0.25) is 19.7 Å². The molecular formula is C18H15N3O4S. The van der Waals surface area contributed by atoms with Crippen LogP contribution in [0.1, 0.15) is 12.5 Å². The normalized spacial score (nSPS) is 16.3. The summed E-state index contributed by atoms with van der Waals surface area (Å²) in [5, 5.41) is 4.49. The summed E-state index contributed by atoms with van der Waals surface area (Å²) < 4.78 is 5.61. The SMILES string of the molecule is CC(Oc1ccc(C=C2SC(=O)NC2=O)cc1)C(=O)Nc1ccccn1. The second-order valence-electron chi connectivity index (χ2n) is 5.39. The Morgan fingerprint density at radius 2 is 2.00 bits per heavy atom. The lowest BCUT2D eigenvalue weighted by Gasteiger charge is -2.14. The summed E-state index contributed by atoms with van der Waals surface area (Å²) in [6.45, 7) is 1.64. The molecule has 1 aromatic heterocycles. The number of ether oxygens (including phenoxy) is 1. The van der Waals surface area contributed by atoms with E-state index in [4.69, 9.17) is 4.74 Å². The van der Waals surface area contributed by atoms with Gasteiger partial charge in [-0.2, -0.15) is 0 Å². The van der Waals surface area contributed by atoms with Crippen LogP contribution in [0.3, 0.4) is 0 Å². The van der Waals surface area contributed by atoms with E-state index in [1.165, 1.54) is 0 Å². The molecule has 2 aromatic rings. The van der Waals surface area contributed by atoms with Gasteiger partial charge in [-0.15, -0.1) is 0 Å². The number of thioether (sulfide) groups is 1. The van der Waals surface area contributed by atoms with E-state index in [0.717, 1.165) is 17.3 Å². The van der Waals surface area contributed by atoms with E-state index in [1.54, 1.807) is 61.7 Å². The molecule has 0 spiro atoms. The third-order valence-electron chi connectivity index (χ3n) is 3.42. The first-order valence-electron chi connectivity index (χ1n) is 7.75. The van der Waals surface area contributed by atoms with Crippen LogP contribution in [-0.2, 0) is 9.59 Å². The van der Waals surface area contributed by atoms with Gasteiger partial charge in [0.15, 0.2) is 6.10 Å². The minimum Gasteiger partial charge on any atom is -0.481 e. The Kier molecular flexibility index (Phi) is 5.33. The van der Waals surface area contributed by atoms with Gasteiger partial charge in [0.2, 0.25) is 0 Å². The van der Waals surface area contributed by atoms with Gasteiger partial charge in [0.05, 0.1) is 4.91 Å². The van der Waals surface area contributed by atoms with Gasteiger partial charge in [-0.25, -0.2) is 4.98 Å². The maximum absolute atomic E-state index is 12.1. The number of pyridine rings is 1. The number of carbonyl (C=O) groups excluding carboxylic acids is 3. The van der Waals surface area contributed by atoms with Crippen molar-refractivity contribution in [2.45, 2.75) is 13.0 Å². The van der Waals surface area contributed by atoms with Crippen LogP contribution in [-0.4, -0.2) is 28.1 Å². The van der Waals surface area contributed by atoms with Crippen LogP contribution >= 0.6 is 11.8 Å². The summed E-state index contributed by atoms with van der Waals surface area (Å²) in [7, 11) is 0. The molecule has 1 aromatic carbocycles. The first kappa shape index (κ1) is 17.7. The van der Waals surface area contributed by atoms with Gasteiger partial charge in [0.1, 0.15) is 11.6 Å². The van der Waals surface area contributed by atoms with Crippen LogP contribution in [0.4, 0.5) is 10.6 Å². The van der Waals surface area contributed by atoms with Crippen molar-refractivity contribution in [3.05, 3.63) is 59.1 Å². The maximum Gasteiger partial charge on any atom is 0.290 e. The van der Waals surface area contributed by atoms with E-state index in [9.17, 15) is 14.4 Å². The topological polar surface area (TPSA) is 97.4 Å². The smallest absolute Gasteiger partial charge is 0.290 e. The number of anilines is 1. The Morgan fingerprint density at radius 3 is 2.62 bits per heavy atom. The van der Waals surface area contributed by atoms with Crippen LogP contribution in [0.15, 0.2) is 53.6 Å². The van der Waals surface area contributed by atoms with Crippen molar-refractivity contribution >= 4 is 40.7 Å². The molecule has 2 heterocycles. The zero-order chi connectivity index (χ0) is 18.5. The van der Waals surface area contributed by atoms with Gasteiger partial charge < -0.3 is 10.1 Å². The fourth-order valence-corrected chi connectivity index (χ4v) is 2.82. The maximum atomic E-state index is 12.1. The molecule has 3 rings (SSSR count). The number of benzene rings is 1. The van der Waals surface area contributed by atoms with Crippen molar-refractivity contribution in [1.82, 2.24) is 10.3 Å². The number of nitrogens with one attached hydrogen (secondary N) is 2. The standard InChI is InChI=1S/C18H15N3O4S/c1-11(16(22)20-15-4-2-3-9-19-15)25-13-7-5-12(6-8-13)10-14-17(23)21-18(24)26-14/h2-11H,1H3,(H,19,20,22)(H,21,23,24). The van der Waals surface area contributed by atoms with E-state index in [0.29, 0.717) is 16.5 Å². The minimum atomic E-state index is -0.713. The van der Waals surface area contributed by atoms with Crippen LogP contribution in [0.5, 0.6) is 5.75 Å². The Morgan fingerprint density at radius 1 is 1.23 bits per heavy atom. The molecular weight excluding hydrogens is 354 g/mol. The Bertz CT molecular complexity index is 866. The largest absolute Gasteiger partial charge is 0.481 e. The summed E-state index contributed by atoms with van der Waals surface area (Å²) in [5.41, 5.74) is 0.746. The molecule has 26 heavy (non-hydrogen) atoms. The van der Waals surface area contributed by atoms with E-state index in [1.807, 2.05) is 0 Å². The number of hydrogen-bond acceptors (Lipinski definition) is 6. The lowest BCUT2D eigenvalue weighted by atomic mass is 10.2. The predicted molar refractivity (Wildman–Crippen MR) is 98.5 cm³/mol. The van der Waals surface area contributed by atoms with Crippen molar-refractivity contribution in [2.75, 3.05) is 5.32 Å². The van der Waals surface area contributed by atoms with Crippen molar-refractivity contribution in [2.24, 2.45) is 0 Å². The number of nitrogens with zero attached hydrogens (tertiary/aromatic N) is 1. The second kappa shape index (κ2) is 7.83. The number of imide groups is 1. The predicted octanol–water partition coefficient (Wildman–Crippen LogP) is 2.81. The van der Waals surface area contributed by atoms with Gasteiger partial charge in [-0.05, 0) is 54.6 Å². The summed E-state index contributed by atoms with van der Waals surface area (Å²) >= 11 is 0.860. The van der Waals surface area contributed by atoms with Gasteiger partial charge in [-0.1, -0.05) is 18.2 Å². The number of aromatic nitrogens is 1. The molecule has 1 atom stereocenters. The first-order chi connectivity index (χ1) is 12.5. The molecule has 1 unspecified atom stereocenters. The van der Waals surface area contributed by atoms with E-state index < -0.39 is 12.0 Å². The monoisotopic (exact) mass is 369 g/mol. The highest BCUT2D eigenvalue weighted by molar-refractivity contribution is 8.18. The quantitative estimate of drug-likeness (QED) is 0.787. The van der Waals surface area contributed by atoms with Crippen molar-refractivity contribution in [3.8, 4) is 5.75 Å². The second-order valence-corrected chi connectivity index (χ2v) is 6.40. The molecule has 3 amide bonds. The molecule has 7 nitrogen and oxygen atoms in total. The number of amides is 3. The van der Waals surface area contributed by atoms with Crippen molar-refractivity contribution < 1.29 is 19.1 Å². The third kappa shape index (κ3) is 4.48. The Hall–Kier alpha value is -3.13. The third-order valence-corrected chi connectivity index (χ3v) is 4.23. The van der Waals surface area contributed by atoms with Crippen LogP contribution in [0, 0.1) is 0 Å². The molecule has 0 radical (unpaired) electrons. The highest BCUT2D eigenvalue weighted by Gasteiger charge is 2.24. The van der Waals surface area contributed by atoms with Gasteiger partial charge >= 0.3 is 0 Å².